The van der Waals surface area contributed by atoms with Crippen LogP contribution in [0.2, 0.25) is 0 Å². The van der Waals surface area contributed by atoms with E-state index >= 15 is 0 Å². The highest BCUT2D eigenvalue weighted by atomic mass is 79.9. The van der Waals surface area contributed by atoms with E-state index in [1.807, 2.05) is 0 Å². The summed E-state index contributed by atoms with van der Waals surface area (Å²) in [6, 6.07) is 1.14. The van der Waals surface area contributed by atoms with Crippen LogP contribution < -0.4 is 10.1 Å². The number of amides is 1. The molecule has 102 valence electrons. The van der Waals surface area contributed by atoms with Gasteiger partial charge >= 0.3 is 11.8 Å². The van der Waals surface area contributed by atoms with Gasteiger partial charge in [-0.3, -0.25) is 10.1 Å². The predicted octanol–water partition coefficient (Wildman–Crippen LogP) is 1.93. The van der Waals surface area contributed by atoms with Gasteiger partial charge in [-0.2, -0.15) is 0 Å². The normalized spacial score (nSPS) is 21.3. The molecule has 0 radical (unpaired) electrons. The molecule has 0 atom stereocenters. The number of halogens is 1. The molecule has 1 aliphatic carbocycles. The predicted molar refractivity (Wildman–Crippen MR) is 67.2 cm³/mol. The number of nitrogens with zero attached hydrogens (tertiary/aromatic N) is 2. The van der Waals surface area contributed by atoms with Crippen molar-refractivity contribution in [2.45, 2.75) is 25.0 Å². The first-order chi connectivity index (χ1) is 8.95. The first-order valence-corrected chi connectivity index (χ1v) is 6.21. The van der Waals surface area contributed by atoms with Gasteiger partial charge in [0.1, 0.15) is 6.10 Å². The lowest BCUT2D eigenvalue weighted by Gasteiger charge is -2.34. The van der Waals surface area contributed by atoms with Gasteiger partial charge in [0.2, 0.25) is 0 Å². The molecule has 1 aromatic heterocycles. The molecule has 2 rings (SSSR count). The molecule has 0 bridgehead atoms. The third kappa shape index (κ3) is 3.31. The highest BCUT2D eigenvalue weighted by Gasteiger charge is 2.34. The van der Waals surface area contributed by atoms with Crippen LogP contribution in [0.15, 0.2) is 16.7 Å². The maximum atomic E-state index is 10.8. The smallest absolute Gasteiger partial charge is 0.404 e. The van der Waals surface area contributed by atoms with Crippen LogP contribution in [-0.4, -0.2) is 33.3 Å². The lowest BCUT2D eigenvalue weighted by molar-refractivity contribution is -0.386. The number of carboxylic acid groups (broad SMARTS) is 1. The lowest BCUT2D eigenvalue weighted by Crippen LogP contribution is -2.48. The fourth-order valence-electron chi connectivity index (χ4n) is 1.75. The second kappa shape index (κ2) is 5.39. The van der Waals surface area contributed by atoms with Crippen molar-refractivity contribution in [1.29, 1.82) is 0 Å². The van der Waals surface area contributed by atoms with Gasteiger partial charge in [0.05, 0.1) is 4.92 Å². The number of rotatable bonds is 4. The molecule has 9 heteroatoms. The van der Waals surface area contributed by atoms with Crippen molar-refractivity contribution in [1.82, 2.24) is 10.3 Å². The Morgan fingerprint density at radius 3 is 2.89 bits per heavy atom. The maximum absolute atomic E-state index is 10.8. The Hall–Kier alpha value is -1.90. The zero-order valence-electron chi connectivity index (χ0n) is 9.58. The number of hydrogen-bond donors (Lipinski definition) is 2. The Morgan fingerprint density at radius 2 is 2.32 bits per heavy atom. The minimum absolute atomic E-state index is 0.0491. The van der Waals surface area contributed by atoms with Crippen LogP contribution in [0.5, 0.6) is 5.88 Å². The zero-order chi connectivity index (χ0) is 14.0. The van der Waals surface area contributed by atoms with Gasteiger partial charge in [-0.05, 0) is 15.9 Å². The summed E-state index contributed by atoms with van der Waals surface area (Å²) in [6.45, 7) is 0. The molecule has 0 aromatic carbocycles. The van der Waals surface area contributed by atoms with E-state index in [0.29, 0.717) is 17.3 Å². The summed E-state index contributed by atoms with van der Waals surface area (Å²) >= 11 is 3.10. The van der Waals surface area contributed by atoms with Crippen LogP contribution in [0.3, 0.4) is 0 Å². The van der Waals surface area contributed by atoms with E-state index in [2.05, 4.69) is 26.2 Å². The fourth-order valence-corrected chi connectivity index (χ4v) is 2.07. The number of pyridine rings is 1. The summed E-state index contributed by atoms with van der Waals surface area (Å²) in [5, 5.41) is 21.7. The van der Waals surface area contributed by atoms with Crippen LogP contribution in [0.4, 0.5) is 10.5 Å². The van der Waals surface area contributed by atoms with Gasteiger partial charge in [0, 0.05) is 35.6 Å². The summed E-state index contributed by atoms with van der Waals surface area (Å²) in [6.07, 6.45) is 1.01. The molecular formula is C10H10BrN3O5. The average molecular weight is 332 g/mol. The van der Waals surface area contributed by atoms with E-state index in [1.54, 1.807) is 0 Å². The maximum Gasteiger partial charge on any atom is 0.404 e. The highest BCUT2D eigenvalue weighted by molar-refractivity contribution is 9.10. The molecule has 2 N–H and O–H groups in total. The summed E-state index contributed by atoms with van der Waals surface area (Å²) < 4.78 is 5.89. The standard InChI is InChI=1S/C10H10BrN3O5/c11-5-1-8(14(17)18)9(12-4-5)19-7-2-6(3-7)13-10(15)16/h1,4,6-7,13H,2-3H2,(H,15,16). The van der Waals surface area contributed by atoms with Crippen molar-refractivity contribution in [2.24, 2.45) is 0 Å². The van der Waals surface area contributed by atoms with Crippen LogP contribution in [-0.2, 0) is 0 Å². The van der Waals surface area contributed by atoms with Crippen molar-refractivity contribution >= 4 is 27.7 Å². The van der Waals surface area contributed by atoms with Crippen LogP contribution in [0, 0.1) is 10.1 Å². The van der Waals surface area contributed by atoms with Gasteiger partial charge < -0.3 is 15.2 Å². The Balaban J connectivity index is 1.98. The number of ether oxygens (including phenoxy) is 1. The Bertz CT molecular complexity index is 518. The third-order valence-electron chi connectivity index (χ3n) is 2.70. The summed E-state index contributed by atoms with van der Waals surface area (Å²) in [7, 11) is 0. The topological polar surface area (TPSA) is 115 Å². The minimum atomic E-state index is -1.09. The SMILES string of the molecule is O=C(O)NC1CC(Oc2ncc(Br)cc2[N+](=O)[O-])C1. The molecule has 1 heterocycles. The molecule has 0 unspecified atom stereocenters. The largest absolute Gasteiger partial charge is 0.469 e. The summed E-state index contributed by atoms with van der Waals surface area (Å²) in [5.41, 5.74) is -0.219. The monoisotopic (exact) mass is 331 g/mol. The number of aromatic nitrogens is 1. The van der Waals surface area contributed by atoms with Gasteiger partial charge in [-0.25, -0.2) is 9.78 Å². The lowest BCUT2D eigenvalue weighted by atomic mass is 9.89. The van der Waals surface area contributed by atoms with Crippen LogP contribution in [0.1, 0.15) is 12.8 Å². The molecule has 1 amide bonds. The number of hydrogen-bond acceptors (Lipinski definition) is 5. The molecule has 1 aromatic rings. The van der Waals surface area contributed by atoms with Gasteiger partial charge in [0.15, 0.2) is 0 Å². The van der Waals surface area contributed by atoms with Crippen LogP contribution in [0.25, 0.3) is 0 Å². The third-order valence-corrected chi connectivity index (χ3v) is 3.13. The zero-order valence-corrected chi connectivity index (χ0v) is 11.2. The second-order valence-corrected chi connectivity index (χ2v) is 5.01. The summed E-state index contributed by atoms with van der Waals surface area (Å²) in [5.74, 6) is -0.0491. The summed E-state index contributed by atoms with van der Waals surface area (Å²) in [4.78, 5) is 24.5. The van der Waals surface area contributed by atoms with E-state index in [1.165, 1.54) is 12.3 Å². The van der Waals surface area contributed by atoms with E-state index in [-0.39, 0.29) is 23.7 Å². The van der Waals surface area contributed by atoms with Crippen molar-refractivity contribution in [3.63, 3.8) is 0 Å². The van der Waals surface area contributed by atoms with E-state index in [0.717, 1.165) is 0 Å². The van der Waals surface area contributed by atoms with E-state index in [9.17, 15) is 14.9 Å². The molecule has 8 nitrogen and oxygen atoms in total. The Kier molecular flexibility index (Phi) is 3.84. The molecule has 1 aliphatic rings. The fraction of sp³-hybridized carbons (Fsp3) is 0.400. The van der Waals surface area contributed by atoms with E-state index < -0.39 is 11.0 Å². The van der Waals surface area contributed by atoms with Crippen molar-refractivity contribution in [2.75, 3.05) is 0 Å². The van der Waals surface area contributed by atoms with E-state index in [4.69, 9.17) is 9.84 Å². The Morgan fingerprint density at radius 1 is 1.63 bits per heavy atom. The van der Waals surface area contributed by atoms with Crippen molar-refractivity contribution in [3.8, 4) is 5.88 Å². The van der Waals surface area contributed by atoms with Gasteiger partial charge in [-0.15, -0.1) is 0 Å². The van der Waals surface area contributed by atoms with Crippen molar-refractivity contribution < 1.29 is 19.6 Å². The molecule has 0 spiro atoms. The number of nitrogens with one attached hydrogen (secondary N) is 1. The number of carbonyl (C=O) groups is 1. The molecule has 1 fully saturated rings. The molecular weight excluding hydrogens is 322 g/mol. The number of nitro groups is 1. The highest BCUT2D eigenvalue weighted by Crippen LogP contribution is 2.32. The minimum Gasteiger partial charge on any atom is -0.469 e. The van der Waals surface area contributed by atoms with Crippen molar-refractivity contribution in [3.05, 3.63) is 26.9 Å². The first-order valence-electron chi connectivity index (χ1n) is 5.41. The Labute approximate surface area is 116 Å². The quantitative estimate of drug-likeness (QED) is 0.643. The van der Waals surface area contributed by atoms with Gasteiger partial charge in [-0.1, -0.05) is 0 Å². The molecule has 1 saturated carbocycles. The molecule has 0 aliphatic heterocycles. The van der Waals surface area contributed by atoms with Gasteiger partial charge in [0.25, 0.3) is 5.88 Å². The second-order valence-electron chi connectivity index (χ2n) is 4.09. The van der Waals surface area contributed by atoms with Crippen LogP contribution >= 0.6 is 15.9 Å². The molecule has 19 heavy (non-hydrogen) atoms. The molecule has 0 saturated heterocycles. The first kappa shape index (κ1) is 13.5. The average Bonchev–Trinajstić information content (AvgIpc) is 2.27.